The van der Waals surface area contributed by atoms with Crippen molar-refractivity contribution in [2.45, 2.75) is 6.42 Å². The van der Waals surface area contributed by atoms with Gasteiger partial charge in [-0.1, -0.05) is 16.7 Å². The van der Waals surface area contributed by atoms with Crippen molar-refractivity contribution in [3.05, 3.63) is 39.2 Å². The van der Waals surface area contributed by atoms with Crippen LogP contribution in [0.5, 0.6) is 0 Å². The number of hydrogen-bond acceptors (Lipinski definition) is 4. The van der Waals surface area contributed by atoms with Crippen LogP contribution in [0.3, 0.4) is 0 Å². The number of hydrogen-bond donors (Lipinski definition) is 0. The minimum Gasteiger partial charge on any atom is -0.465 e. The first-order chi connectivity index (χ1) is 10.1. The SMILES string of the molecule is COC(=O)c1cc(Cl)ccc1N1CC(CN=[N+]=[N-])CC1=O. The number of nitrogens with zero attached hydrogens (tertiary/aromatic N) is 4. The average Bonchev–Trinajstić information content (AvgIpc) is 2.85. The van der Waals surface area contributed by atoms with Gasteiger partial charge in [-0.15, -0.1) is 0 Å². The second kappa shape index (κ2) is 6.47. The third-order valence-corrected chi connectivity index (χ3v) is 3.50. The van der Waals surface area contributed by atoms with Crippen LogP contribution >= 0.6 is 11.6 Å². The molecule has 1 aliphatic heterocycles. The van der Waals surface area contributed by atoms with Crippen LogP contribution in [-0.2, 0) is 9.53 Å². The van der Waals surface area contributed by atoms with Gasteiger partial charge in [-0.2, -0.15) is 0 Å². The summed E-state index contributed by atoms with van der Waals surface area (Å²) in [5, 5.41) is 3.88. The van der Waals surface area contributed by atoms with E-state index in [0.717, 1.165) is 0 Å². The van der Waals surface area contributed by atoms with Gasteiger partial charge in [0.2, 0.25) is 5.91 Å². The summed E-state index contributed by atoms with van der Waals surface area (Å²) in [5.41, 5.74) is 9.04. The Hall–Kier alpha value is -2.24. The number of carbonyl (C=O) groups is 2. The normalized spacial score (nSPS) is 17.5. The number of ether oxygens (including phenoxy) is 1. The zero-order valence-electron chi connectivity index (χ0n) is 11.3. The molecule has 1 amide bonds. The van der Waals surface area contributed by atoms with E-state index >= 15 is 0 Å². The zero-order valence-corrected chi connectivity index (χ0v) is 12.1. The van der Waals surface area contributed by atoms with Crippen molar-refractivity contribution in [2.75, 3.05) is 25.1 Å². The van der Waals surface area contributed by atoms with Crippen LogP contribution in [0.1, 0.15) is 16.8 Å². The maximum atomic E-state index is 12.1. The number of azide groups is 1. The molecule has 0 aromatic heterocycles. The fourth-order valence-electron chi connectivity index (χ4n) is 2.31. The molecule has 0 spiro atoms. The van der Waals surface area contributed by atoms with Crippen molar-refractivity contribution in [3.8, 4) is 0 Å². The number of esters is 1. The first kappa shape index (κ1) is 15.2. The first-order valence-corrected chi connectivity index (χ1v) is 6.63. The van der Waals surface area contributed by atoms with Crippen LogP contribution in [-0.4, -0.2) is 32.1 Å². The molecule has 1 unspecified atom stereocenters. The summed E-state index contributed by atoms with van der Waals surface area (Å²) < 4.78 is 4.72. The Balaban J connectivity index is 2.31. The number of carbonyl (C=O) groups excluding carboxylic acids is 2. The van der Waals surface area contributed by atoms with Crippen molar-refractivity contribution >= 4 is 29.2 Å². The lowest BCUT2D eigenvalue weighted by Crippen LogP contribution is -2.27. The van der Waals surface area contributed by atoms with E-state index in [-0.39, 0.29) is 30.4 Å². The average molecular weight is 309 g/mol. The van der Waals surface area contributed by atoms with Crippen LogP contribution in [0, 0.1) is 5.92 Å². The van der Waals surface area contributed by atoms with Gasteiger partial charge >= 0.3 is 5.97 Å². The second-order valence-electron chi connectivity index (χ2n) is 4.64. The summed E-state index contributed by atoms with van der Waals surface area (Å²) >= 11 is 5.89. The molecule has 1 atom stereocenters. The number of halogens is 1. The molecule has 2 rings (SSSR count). The van der Waals surface area contributed by atoms with Gasteiger partial charge in [-0.3, -0.25) is 4.79 Å². The fourth-order valence-corrected chi connectivity index (χ4v) is 2.48. The molecule has 1 aromatic rings. The highest BCUT2D eigenvalue weighted by atomic mass is 35.5. The van der Waals surface area contributed by atoms with Crippen LogP contribution in [0.25, 0.3) is 10.4 Å². The van der Waals surface area contributed by atoms with Crippen molar-refractivity contribution in [2.24, 2.45) is 11.0 Å². The molecular formula is C13H13ClN4O3. The van der Waals surface area contributed by atoms with E-state index < -0.39 is 5.97 Å². The molecule has 1 heterocycles. The van der Waals surface area contributed by atoms with Gasteiger partial charge in [0.1, 0.15) is 0 Å². The molecule has 7 nitrogen and oxygen atoms in total. The Labute approximate surface area is 126 Å². The summed E-state index contributed by atoms with van der Waals surface area (Å²) in [6.45, 7) is 0.642. The highest BCUT2D eigenvalue weighted by molar-refractivity contribution is 6.31. The summed E-state index contributed by atoms with van der Waals surface area (Å²) in [5.74, 6) is -0.742. The van der Waals surface area contributed by atoms with Crippen LogP contribution < -0.4 is 4.90 Å². The topological polar surface area (TPSA) is 95.4 Å². The van der Waals surface area contributed by atoms with Gasteiger partial charge in [-0.25, -0.2) is 4.79 Å². The van der Waals surface area contributed by atoms with Crippen LogP contribution in [0.4, 0.5) is 5.69 Å². The third kappa shape index (κ3) is 3.26. The van der Waals surface area contributed by atoms with E-state index in [1.807, 2.05) is 0 Å². The molecule has 1 fully saturated rings. The van der Waals surface area contributed by atoms with E-state index in [0.29, 0.717) is 17.3 Å². The van der Waals surface area contributed by atoms with E-state index in [9.17, 15) is 9.59 Å². The van der Waals surface area contributed by atoms with Gasteiger partial charge in [0.15, 0.2) is 0 Å². The lowest BCUT2D eigenvalue weighted by molar-refractivity contribution is -0.117. The predicted molar refractivity (Wildman–Crippen MR) is 77.3 cm³/mol. The molecule has 0 saturated carbocycles. The van der Waals surface area contributed by atoms with Crippen LogP contribution in [0.15, 0.2) is 23.3 Å². The predicted octanol–water partition coefficient (Wildman–Crippen LogP) is 2.79. The highest BCUT2D eigenvalue weighted by Crippen LogP contribution is 2.30. The molecule has 1 aromatic carbocycles. The van der Waals surface area contributed by atoms with Crippen LogP contribution in [0.2, 0.25) is 5.02 Å². The van der Waals surface area contributed by atoms with Crippen molar-refractivity contribution in [1.29, 1.82) is 0 Å². The van der Waals surface area contributed by atoms with Crippen molar-refractivity contribution < 1.29 is 14.3 Å². The molecule has 0 bridgehead atoms. The Kier molecular flexibility index (Phi) is 4.67. The molecule has 0 N–H and O–H groups in total. The lowest BCUT2D eigenvalue weighted by Gasteiger charge is -2.19. The number of benzene rings is 1. The van der Waals surface area contributed by atoms with Gasteiger partial charge in [-0.05, 0) is 29.6 Å². The molecule has 110 valence electrons. The standard InChI is InChI=1S/C13H13ClN4O3/c1-21-13(20)10-5-9(14)2-3-11(10)18-7-8(4-12(18)19)6-16-17-15/h2-3,5,8H,4,6-7H2,1H3. The summed E-state index contributed by atoms with van der Waals surface area (Å²) in [6, 6.07) is 4.69. The van der Waals surface area contributed by atoms with E-state index in [2.05, 4.69) is 10.0 Å². The lowest BCUT2D eigenvalue weighted by atomic mass is 10.1. The Morgan fingerprint density at radius 3 is 3.05 bits per heavy atom. The number of methoxy groups -OCH3 is 1. The third-order valence-electron chi connectivity index (χ3n) is 3.26. The minimum absolute atomic E-state index is 0.0606. The van der Waals surface area contributed by atoms with E-state index in [1.54, 1.807) is 12.1 Å². The largest absolute Gasteiger partial charge is 0.465 e. The fraction of sp³-hybridized carbons (Fsp3) is 0.385. The Morgan fingerprint density at radius 1 is 1.62 bits per heavy atom. The number of anilines is 1. The molecular weight excluding hydrogens is 296 g/mol. The van der Waals surface area contributed by atoms with Gasteiger partial charge < -0.3 is 9.64 Å². The summed E-state index contributed by atoms with van der Waals surface area (Å²) in [4.78, 5) is 28.1. The second-order valence-corrected chi connectivity index (χ2v) is 5.08. The molecule has 0 aliphatic carbocycles. The Bertz CT molecular complexity index is 628. The van der Waals surface area contributed by atoms with E-state index in [4.69, 9.17) is 21.9 Å². The molecule has 21 heavy (non-hydrogen) atoms. The quantitative estimate of drug-likeness (QED) is 0.370. The minimum atomic E-state index is -0.557. The number of amides is 1. The van der Waals surface area contributed by atoms with Crippen molar-refractivity contribution in [3.63, 3.8) is 0 Å². The maximum Gasteiger partial charge on any atom is 0.340 e. The smallest absolute Gasteiger partial charge is 0.340 e. The summed E-state index contributed by atoms with van der Waals surface area (Å²) in [7, 11) is 1.27. The first-order valence-electron chi connectivity index (χ1n) is 6.26. The molecule has 1 saturated heterocycles. The molecule has 8 heteroatoms. The monoisotopic (exact) mass is 308 g/mol. The number of rotatable bonds is 4. The van der Waals surface area contributed by atoms with E-state index in [1.165, 1.54) is 18.1 Å². The zero-order chi connectivity index (χ0) is 15.4. The van der Waals surface area contributed by atoms with Gasteiger partial charge in [0.25, 0.3) is 0 Å². The highest BCUT2D eigenvalue weighted by Gasteiger charge is 2.32. The Morgan fingerprint density at radius 2 is 2.38 bits per heavy atom. The summed E-state index contributed by atoms with van der Waals surface area (Å²) in [6.07, 6.45) is 0.280. The maximum absolute atomic E-state index is 12.1. The van der Waals surface area contributed by atoms with Gasteiger partial charge in [0.05, 0.1) is 18.4 Å². The molecule has 1 aliphatic rings. The molecule has 0 radical (unpaired) electrons. The van der Waals surface area contributed by atoms with Gasteiger partial charge in [0, 0.05) is 29.4 Å². The van der Waals surface area contributed by atoms with Crippen molar-refractivity contribution in [1.82, 2.24) is 0 Å².